The molecule has 0 spiro atoms. The maximum Gasteiger partial charge on any atom is 0.408 e. The topological polar surface area (TPSA) is 152 Å². The molecule has 1 saturated heterocycles. The Kier molecular flexibility index (Phi) is 11.6. The molecule has 0 aromatic heterocycles. The molecular formula is C26H40N3O8P. The summed E-state index contributed by atoms with van der Waals surface area (Å²) in [6, 6.07) is 7.13. The summed E-state index contributed by atoms with van der Waals surface area (Å²) < 4.78 is 28.3. The largest absolute Gasteiger partial charge is 0.445 e. The third kappa shape index (κ3) is 8.53. The molecule has 2 aliphatic rings. The number of benzene rings is 1. The second-order valence-electron chi connectivity index (χ2n) is 9.94. The number of carbonyl (C=O) groups is 3. The first-order valence-corrected chi connectivity index (χ1v) is 14.8. The summed E-state index contributed by atoms with van der Waals surface area (Å²) in [5, 5.41) is 19.1. The molecule has 2 fully saturated rings. The average Bonchev–Trinajstić information content (AvgIpc) is 3.35. The lowest BCUT2D eigenvalue weighted by Crippen LogP contribution is -2.53. The summed E-state index contributed by atoms with van der Waals surface area (Å²) >= 11 is 0. The van der Waals surface area contributed by atoms with Gasteiger partial charge < -0.3 is 34.8 Å². The van der Waals surface area contributed by atoms with Crippen LogP contribution in [0.5, 0.6) is 0 Å². The molecule has 1 aromatic rings. The minimum absolute atomic E-state index is 0.0318. The van der Waals surface area contributed by atoms with Gasteiger partial charge in [-0.05, 0) is 30.7 Å². The van der Waals surface area contributed by atoms with Crippen LogP contribution in [-0.2, 0) is 34.5 Å². The van der Waals surface area contributed by atoms with E-state index in [-0.39, 0.29) is 24.9 Å². The highest BCUT2D eigenvalue weighted by molar-refractivity contribution is 7.54. The summed E-state index contributed by atoms with van der Waals surface area (Å²) in [6.45, 7) is 0.527. The second-order valence-corrected chi connectivity index (χ2v) is 12.3. The van der Waals surface area contributed by atoms with Crippen molar-refractivity contribution in [1.29, 1.82) is 0 Å². The standard InChI is InChI=1S/C26H40N3O8P/c1-35-38(34,36-2)25(32)22(16-20-13-14-27-23(20)30)28-24(31)21(15-18-9-5-3-6-10-18)29-26(33)37-17-19-11-7-4-8-12-19/h4,7-8,11-12,18,20-22,25,32H,3,5-6,9-10,13-17H2,1-2H3,(H,27,30)(H,28,31)(H,29,33)/t20?,21-,22-,25?/m0/s1. The van der Waals surface area contributed by atoms with Gasteiger partial charge in [-0.25, -0.2) is 4.79 Å². The van der Waals surface area contributed by atoms with Crippen LogP contribution >= 0.6 is 7.60 Å². The fourth-order valence-electron chi connectivity index (χ4n) is 5.12. The van der Waals surface area contributed by atoms with Crippen LogP contribution in [0.4, 0.5) is 4.79 Å². The van der Waals surface area contributed by atoms with Gasteiger partial charge in [-0.3, -0.25) is 14.2 Å². The fourth-order valence-corrected chi connectivity index (χ4v) is 6.34. The Hall–Kier alpha value is -2.46. The lowest BCUT2D eigenvalue weighted by Gasteiger charge is -2.32. The van der Waals surface area contributed by atoms with Crippen molar-refractivity contribution in [2.24, 2.45) is 11.8 Å². The van der Waals surface area contributed by atoms with Crippen molar-refractivity contribution in [3.63, 3.8) is 0 Å². The third-order valence-electron chi connectivity index (χ3n) is 7.34. The van der Waals surface area contributed by atoms with Crippen molar-refractivity contribution in [3.05, 3.63) is 35.9 Å². The molecule has 1 aliphatic carbocycles. The Morgan fingerprint density at radius 2 is 1.74 bits per heavy atom. The Labute approximate surface area is 223 Å². The van der Waals surface area contributed by atoms with E-state index in [0.29, 0.717) is 19.4 Å². The van der Waals surface area contributed by atoms with E-state index in [0.717, 1.165) is 51.9 Å². The summed E-state index contributed by atoms with van der Waals surface area (Å²) in [5.74, 6) is -2.73. The monoisotopic (exact) mass is 553 g/mol. The molecule has 12 heteroatoms. The van der Waals surface area contributed by atoms with Gasteiger partial charge in [0.2, 0.25) is 11.8 Å². The highest BCUT2D eigenvalue weighted by Crippen LogP contribution is 2.52. The number of ether oxygens (including phenoxy) is 1. The summed E-state index contributed by atoms with van der Waals surface area (Å²) in [6.07, 6.45) is 5.34. The molecule has 2 unspecified atom stereocenters. The number of carbonyl (C=O) groups excluding carboxylic acids is 3. The van der Waals surface area contributed by atoms with Crippen LogP contribution in [0.1, 0.15) is 56.9 Å². The molecule has 3 amide bonds. The molecular weight excluding hydrogens is 513 g/mol. The molecule has 11 nitrogen and oxygen atoms in total. The average molecular weight is 554 g/mol. The van der Waals surface area contributed by atoms with Gasteiger partial charge in [0.15, 0.2) is 5.85 Å². The van der Waals surface area contributed by atoms with Crippen LogP contribution in [0.25, 0.3) is 0 Å². The number of rotatable bonds is 13. The normalized spacial score (nSPS) is 20.7. The molecule has 0 radical (unpaired) electrons. The van der Waals surface area contributed by atoms with Crippen LogP contribution in [-0.4, -0.2) is 61.7 Å². The van der Waals surface area contributed by atoms with E-state index in [1.165, 1.54) is 0 Å². The maximum atomic E-state index is 13.5. The number of alkyl carbamates (subject to hydrolysis) is 1. The van der Waals surface area contributed by atoms with Crippen LogP contribution < -0.4 is 16.0 Å². The SMILES string of the molecule is COP(=O)(OC)C(O)[C@H](CC1CCNC1=O)NC(=O)[C@H](CC1CCCCC1)NC(=O)OCc1ccccc1. The fraction of sp³-hybridized carbons (Fsp3) is 0.654. The minimum Gasteiger partial charge on any atom is -0.445 e. The van der Waals surface area contributed by atoms with Crippen LogP contribution in [0, 0.1) is 11.8 Å². The second kappa shape index (κ2) is 14.6. The Bertz CT molecular complexity index is 964. The molecule has 38 heavy (non-hydrogen) atoms. The number of hydrogen-bond acceptors (Lipinski definition) is 8. The smallest absolute Gasteiger partial charge is 0.408 e. The van der Waals surface area contributed by atoms with Gasteiger partial charge in [-0.2, -0.15) is 0 Å². The van der Waals surface area contributed by atoms with Gasteiger partial charge in [0, 0.05) is 26.7 Å². The maximum absolute atomic E-state index is 13.5. The predicted octanol–water partition coefficient (Wildman–Crippen LogP) is 3.07. The first-order chi connectivity index (χ1) is 18.3. The van der Waals surface area contributed by atoms with Crippen molar-refractivity contribution >= 4 is 25.5 Å². The molecule has 1 aliphatic heterocycles. The van der Waals surface area contributed by atoms with Crippen LogP contribution in [0.15, 0.2) is 30.3 Å². The van der Waals surface area contributed by atoms with E-state index < -0.39 is 43.4 Å². The van der Waals surface area contributed by atoms with Crippen molar-refractivity contribution < 1.29 is 37.8 Å². The van der Waals surface area contributed by atoms with Crippen molar-refractivity contribution in [3.8, 4) is 0 Å². The van der Waals surface area contributed by atoms with E-state index in [9.17, 15) is 24.1 Å². The number of amides is 3. The lowest BCUT2D eigenvalue weighted by atomic mass is 9.84. The number of hydrogen-bond donors (Lipinski definition) is 4. The van der Waals surface area contributed by atoms with E-state index in [1.54, 1.807) is 0 Å². The van der Waals surface area contributed by atoms with E-state index in [4.69, 9.17) is 13.8 Å². The van der Waals surface area contributed by atoms with Crippen molar-refractivity contribution in [2.75, 3.05) is 20.8 Å². The highest BCUT2D eigenvalue weighted by atomic mass is 31.2. The quantitative estimate of drug-likeness (QED) is 0.272. The van der Waals surface area contributed by atoms with Crippen LogP contribution in [0.2, 0.25) is 0 Å². The molecule has 4 N–H and O–H groups in total. The van der Waals surface area contributed by atoms with Gasteiger partial charge >= 0.3 is 13.7 Å². The van der Waals surface area contributed by atoms with Gasteiger partial charge in [0.1, 0.15) is 12.6 Å². The number of aliphatic hydroxyl groups is 1. The molecule has 1 aromatic carbocycles. The van der Waals surface area contributed by atoms with E-state index in [2.05, 4.69) is 16.0 Å². The highest BCUT2D eigenvalue weighted by Gasteiger charge is 2.43. The zero-order valence-electron chi connectivity index (χ0n) is 22.1. The number of nitrogens with one attached hydrogen (secondary N) is 3. The van der Waals surface area contributed by atoms with Gasteiger partial charge in [-0.15, -0.1) is 0 Å². The van der Waals surface area contributed by atoms with Crippen molar-refractivity contribution in [2.45, 2.75) is 75.9 Å². The van der Waals surface area contributed by atoms with Crippen LogP contribution in [0.3, 0.4) is 0 Å². The predicted molar refractivity (Wildman–Crippen MR) is 140 cm³/mol. The first-order valence-electron chi connectivity index (χ1n) is 13.2. The molecule has 4 atom stereocenters. The Morgan fingerprint density at radius 3 is 2.34 bits per heavy atom. The lowest BCUT2D eigenvalue weighted by molar-refractivity contribution is -0.126. The van der Waals surface area contributed by atoms with Gasteiger partial charge in [0.25, 0.3) is 0 Å². The Morgan fingerprint density at radius 1 is 1.05 bits per heavy atom. The minimum atomic E-state index is -4.00. The number of aliphatic hydroxyl groups excluding tert-OH is 1. The summed E-state index contributed by atoms with van der Waals surface area (Å²) in [4.78, 5) is 38.4. The van der Waals surface area contributed by atoms with Gasteiger partial charge in [-0.1, -0.05) is 62.4 Å². The molecule has 1 saturated carbocycles. The molecule has 0 bridgehead atoms. The summed E-state index contributed by atoms with van der Waals surface area (Å²) in [7, 11) is -1.71. The zero-order valence-corrected chi connectivity index (χ0v) is 23.0. The zero-order chi connectivity index (χ0) is 27.5. The first kappa shape index (κ1) is 30.1. The van der Waals surface area contributed by atoms with Gasteiger partial charge in [0.05, 0.1) is 6.04 Å². The molecule has 212 valence electrons. The van der Waals surface area contributed by atoms with E-state index >= 15 is 0 Å². The van der Waals surface area contributed by atoms with E-state index in [1.807, 2.05) is 30.3 Å². The molecule has 1 heterocycles. The Balaban J connectivity index is 1.74. The third-order valence-corrected chi connectivity index (χ3v) is 9.36. The van der Waals surface area contributed by atoms with Crippen molar-refractivity contribution in [1.82, 2.24) is 16.0 Å². The summed E-state index contributed by atoms with van der Waals surface area (Å²) in [5.41, 5.74) is 0.809. The molecule has 3 rings (SSSR count).